The lowest BCUT2D eigenvalue weighted by Crippen LogP contribution is -2.35. The van der Waals surface area contributed by atoms with Crippen molar-refractivity contribution in [1.82, 2.24) is 24.3 Å². The first-order valence-electron chi connectivity index (χ1n) is 14.1. The zero-order valence-electron chi connectivity index (χ0n) is 24.0. The number of carbonyl (C=O) groups excluding carboxylic acids is 1. The van der Waals surface area contributed by atoms with Gasteiger partial charge in [0, 0.05) is 42.6 Å². The summed E-state index contributed by atoms with van der Waals surface area (Å²) in [6.45, 7) is 2.09. The molecular weight excluding hydrogens is 567 g/mol. The fourth-order valence-electron chi connectivity index (χ4n) is 5.31. The summed E-state index contributed by atoms with van der Waals surface area (Å²) >= 11 is 6.51. The summed E-state index contributed by atoms with van der Waals surface area (Å²) in [6.07, 6.45) is 6.46. The van der Waals surface area contributed by atoms with Crippen LogP contribution in [-0.4, -0.2) is 63.5 Å². The Morgan fingerprint density at radius 1 is 1.09 bits per heavy atom. The number of benzene rings is 3. The van der Waals surface area contributed by atoms with E-state index < -0.39 is 0 Å². The second kappa shape index (κ2) is 12.4. The normalized spacial score (nSPS) is 14.9. The predicted molar refractivity (Wildman–Crippen MR) is 167 cm³/mol. The van der Waals surface area contributed by atoms with Gasteiger partial charge in [-0.15, -0.1) is 0 Å². The highest BCUT2D eigenvalue weighted by molar-refractivity contribution is 6.32. The van der Waals surface area contributed by atoms with Gasteiger partial charge in [0.05, 0.1) is 10.5 Å². The quantitative estimate of drug-likeness (QED) is 0.212. The van der Waals surface area contributed by atoms with E-state index in [1.54, 1.807) is 24.3 Å². The van der Waals surface area contributed by atoms with Gasteiger partial charge in [0.1, 0.15) is 36.9 Å². The van der Waals surface area contributed by atoms with E-state index in [1.807, 2.05) is 52.2 Å². The van der Waals surface area contributed by atoms with E-state index >= 15 is 0 Å². The van der Waals surface area contributed by atoms with Gasteiger partial charge in [-0.05, 0) is 85.7 Å². The Labute approximate surface area is 254 Å². The van der Waals surface area contributed by atoms with Crippen LogP contribution in [0.15, 0.2) is 85.5 Å². The maximum atomic E-state index is 13.5. The van der Waals surface area contributed by atoms with Gasteiger partial charge in [0.15, 0.2) is 0 Å². The number of likely N-dealkylation sites (tertiary alicyclic amines) is 1. The molecule has 43 heavy (non-hydrogen) atoms. The first kappa shape index (κ1) is 28.6. The van der Waals surface area contributed by atoms with Gasteiger partial charge in [0.25, 0.3) is 0 Å². The molecule has 3 aromatic carbocycles. The van der Waals surface area contributed by atoms with Crippen LogP contribution in [0.2, 0.25) is 5.02 Å². The average molecular weight is 599 g/mol. The summed E-state index contributed by atoms with van der Waals surface area (Å²) in [7, 11) is 4.12. The summed E-state index contributed by atoms with van der Waals surface area (Å²) in [5, 5.41) is 4.61. The first-order chi connectivity index (χ1) is 20.8. The molecule has 1 saturated heterocycles. The number of rotatable bonds is 9. The number of ether oxygens (including phenoxy) is 1. The standard InChI is InChI=1S/C33H32ClFN6O2/c1-39(2)27-11-13-41(18-27)32(42)19-40-12-10-24(17-40)23-6-8-30-28(15-23)33(37-21-36-30)38-26-7-9-31(29(34)16-26)43-20-22-4-3-5-25(35)14-22/h3-10,12,14-17,21,27H,11,13,18-20H2,1-2H3,(H,36,37,38)/t27-/m1/s1. The largest absolute Gasteiger partial charge is 0.487 e. The number of hydrogen-bond donors (Lipinski definition) is 1. The van der Waals surface area contributed by atoms with Crippen molar-refractivity contribution in [2.45, 2.75) is 25.6 Å². The molecule has 220 valence electrons. The van der Waals surface area contributed by atoms with Gasteiger partial charge < -0.3 is 24.4 Å². The lowest BCUT2D eigenvalue weighted by molar-refractivity contribution is -0.130. The fraction of sp³-hybridized carbons (Fsp3) is 0.242. The topological polar surface area (TPSA) is 75.5 Å². The van der Waals surface area contributed by atoms with Gasteiger partial charge in [-0.2, -0.15) is 0 Å². The number of fused-ring (bicyclic) bond motifs is 1. The summed E-state index contributed by atoms with van der Waals surface area (Å²) in [4.78, 5) is 26.0. The van der Waals surface area contributed by atoms with Crippen LogP contribution in [0.4, 0.5) is 15.9 Å². The van der Waals surface area contributed by atoms with Crippen molar-refractivity contribution in [3.8, 4) is 16.9 Å². The van der Waals surface area contributed by atoms with Gasteiger partial charge in [-0.3, -0.25) is 4.79 Å². The van der Waals surface area contributed by atoms with E-state index in [9.17, 15) is 9.18 Å². The number of amides is 1. The Kier molecular flexibility index (Phi) is 8.26. The van der Waals surface area contributed by atoms with E-state index in [2.05, 4.69) is 34.3 Å². The molecule has 2 aromatic heterocycles. The van der Waals surface area contributed by atoms with Crippen molar-refractivity contribution < 1.29 is 13.9 Å². The average Bonchev–Trinajstić information content (AvgIpc) is 3.68. The second-order valence-electron chi connectivity index (χ2n) is 11.0. The van der Waals surface area contributed by atoms with Crippen molar-refractivity contribution in [3.63, 3.8) is 0 Å². The molecule has 0 spiro atoms. The Morgan fingerprint density at radius 3 is 2.77 bits per heavy atom. The lowest BCUT2D eigenvalue weighted by Gasteiger charge is -2.20. The molecular formula is C33H32ClFN6O2. The van der Waals surface area contributed by atoms with E-state index in [0.717, 1.165) is 47.2 Å². The first-order valence-corrected chi connectivity index (χ1v) is 14.5. The number of halogens is 2. The third kappa shape index (κ3) is 6.63. The SMILES string of the molecule is CN(C)[C@@H]1CCN(C(=O)Cn2ccc(-c3ccc4ncnc(Nc5ccc(OCc6cccc(F)c6)c(Cl)c5)c4c3)c2)C1. The van der Waals surface area contributed by atoms with Crippen molar-refractivity contribution in [2.24, 2.45) is 0 Å². The van der Waals surface area contributed by atoms with Crippen LogP contribution in [0.1, 0.15) is 12.0 Å². The van der Waals surface area contributed by atoms with Crippen LogP contribution in [-0.2, 0) is 17.9 Å². The highest BCUT2D eigenvalue weighted by Gasteiger charge is 2.27. The molecule has 3 heterocycles. The van der Waals surface area contributed by atoms with Crippen LogP contribution in [0, 0.1) is 5.82 Å². The molecule has 0 saturated carbocycles. The molecule has 1 fully saturated rings. The summed E-state index contributed by atoms with van der Waals surface area (Å²) in [6, 6.07) is 20.1. The van der Waals surface area contributed by atoms with Gasteiger partial charge >= 0.3 is 0 Å². The van der Waals surface area contributed by atoms with E-state index in [4.69, 9.17) is 16.3 Å². The Balaban J connectivity index is 1.15. The van der Waals surface area contributed by atoms with Crippen LogP contribution >= 0.6 is 11.6 Å². The van der Waals surface area contributed by atoms with Crippen molar-refractivity contribution in [2.75, 3.05) is 32.5 Å². The molecule has 10 heteroatoms. The number of nitrogens with one attached hydrogen (secondary N) is 1. The van der Waals surface area contributed by atoms with E-state index in [-0.39, 0.29) is 18.3 Å². The predicted octanol–water partition coefficient (Wildman–Crippen LogP) is 6.38. The fourth-order valence-corrected chi connectivity index (χ4v) is 5.55. The van der Waals surface area contributed by atoms with Gasteiger partial charge in [-0.1, -0.05) is 29.8 Å². The van der Waals surface area contributed by atoms with Crippen molar-refractivity contribution >= 4 is 39.9 Å². The Bertz CT molecular complexity index is 1770. The van der Waals surface area contributed by atoms with E-state index in [1.165, 1.54) is 18.5 Å². The van der Waals surface area contributed by atoms with Crippen LogP contribution in [0.25, 0.3) is 22.0 Å². The molecule has 1 atom stereocenters. The Hall–Kier alpha value is -4.47. The van der Waals surface area contributed by atoms with Gasteiger partial charge in [0.2, 0.25) is 5.91 Å². The molecule has 1 aliphatic rings. The molecule has 6 rings (SSSR count). The zero-order valence-corrected chi connectivity index (χ0v) is 24.8. The molecule has 5 aromatic rings. The summed E-state index contributed by atoms with van der Waals surface area (Å²) < 4.78 is 21.2. The third-order valence-corrected chi connectivity index (χ3v) is 8.06. The maximum Gasteiger partial charge on any atom is 0.242 e. The number of nitrogens with zero attached hydrogens (tertiary/aromatic N) is 5. The maximum absolute atomic E-state index is 13.5. The molecule has 1 amide bonds. The number of anilines is 2. The number of carbonyl (C=O) groups is 1. The molecule has 8 nitrogen and oxygen atoms in total. The minimum absolute atomic E-state index is 0.133. The highest BCUT2D eigenvalue weighted by Crippen LogP contribution is 2.32. The summed E-state index contributed by atoms with van der Waals surface area (Å²) in [5.74, 6) is 0.955. The smallest absolute Gasteiger partial charge is 0.242 e. The van der Waals surface area contributed by atoms with Crippen LogP contribution in [0.5, 0.6) is 5.75 Å². The number of aromatic nitrogens is 3. The van der Waals surface area contributed by atoms with Crippen molar-refractivity contribution in [1.29, 1.82) is 0 Å². The Morgan fingerprint density at radius 2 is 1.98 bits per heavy atom. The molecule has 0 aliphatic carbocycles. The molecule has 0 bridgehead atoms. The van der Waals surface area contributed by atoms with Crippen LogP contribution in [0.3, 0.4) is 0 Å². The third-order valence-electron chi connectivity index (χ3n) is 7.76. The minimum atomic E-state index is -0.310. The molecule has 1 aliphatic heterocycles. The summed E-state index contributed by atoms with van der Waals surface area (Å²) in [5.41, 5.74) is 4.23. The number of likely N-dealkylation sites (N-methyl/N-ethyl adjacent to an activating group) is 1. The lowest BCUT2D eigenvalue weighted by atomic mass is 10.1. The molecule has 0 radical (unpaired) electrons. The monoisotopic (exact) mass is 598 g/mol. The molecule has 0 unspecified atom stereocenters. The minimum Gasteiger partial charge on any atom is -0.487 e. The second-order valence-corrected chi connectivity index (χ2v) is 11.4. The molecule has 1 N–H and O–H groups in total. The van der Waals surface area contributed by atoms with E-state index in [0.29, 0.717) is 34.7 Å². The van der Waals surface area contributed by atoms with Crippen LogP contribution < -0.4 is 10.1 Å². The van der Waals surface area contributed by atoms with Gasteiger partial charge in [-0.25, -0.2) is 14.4 Å². The zero-order chi connectivity index (χ0) is 29.9. The van der Waals surface area contributed by atoms with Crippen molar-refractivity contribution in [3.05, 3.63) is 102 Å². The highest BCUT2D eigenvalue weighted by atomic mass is 35.5. The number of hydrogen-bond acceptors (Lipinski definition) is 6.